The Bertz CT molecular complexity index is 786. The third-order valence-electron chi connectivity index (χ3n) is 3.83. The third-order valence-corrected chi connectivity index (χ3v) is 3.83. The van der Waals surface area contributed by atoms with Crippen molar-refractivity contribution in [2.24, 2.45) is 7.05 Å². The number of hydrogen-bond acceptors (Lipinski definition) is 3. The lowest BCUT2D eigenvalue weighted by atomic mass is 10.1. The third kappa shape index (κ3) is 2.45. The van der Waals surface area contributed by atoms with Gasteiger partial charge in [0.05, 0.1) is 11.0 Å². The van der Waals surface area contributed by atoms with Crippen LogP contribution in [0, 0.1) is 6.92 Å². The molecule has 118 valence electrons. The van der Waals surface area contributed by atoms with E-state index < -0.39 is 11.9 Å². The number of aromatic nitrogens is 2. The number of para-hydroxylation sites is 1. The molecule has 0 spiro atoms. The Balaban J connectivity index is 0.000000847. The van der Waals surface area contributed by atoms with E-state index in [-0.39, 0.29) is 18.0 Å². The fourth-order valence-electron chi connectivity index (χ4n) is 2.86. The normalized spacial score (nSPS) is 17.9. The number of hydrogen-bond donors (Lipinski definition) is 1. The van der Waals surface area contributed by atoms with Gasteiger partial charge in [0, 0.05) is 13.5 Å². The van der Waals surface area contributed by atoms with Gasteiger partial charge in [-0.3, -0.25) is 24.0 Å². The van der Waals surface area contributed by atoms with Crippen molar-refractivity contribution in [3.63, 3.8) is 0 Å². The largest absolute Gasteiger partial charge is 0.329 e. The summed E-state index contributed by atoms with van der Waals surface area (Å²) in [4.78, 5) is 35.7. The van der Waals surface area contributed by atoms with Crippen LogP contribution in [0.2, 0.25) is 0 Å². The number of aryl methyl sites for hydroxylation is 2. The van der Waals surface area contributed by atoms with Crippen molar-refractivity contribution in [1.29, 1.82) is 0 Å². The highest BCUT2D eigenvalue weighted by Crippen LogP contribution is 2.24. The summed E-state index contributed by atoms with van der Waals surface area (Å²) in [5.41, 5.74) is 2.30. The maximum atomic E-state index is 12.4. The Morgan fingerprint density at radius 2 is 1.86 bits per heavy atom. The lowest BCUT2D eigenvalue weighted by molar-refractivity contribution is -0.135. The highest BCUT2D eigenvalue weighted by atomic mass is 16.2. The minimum Gasteiger partial charge on any atom is -0.295 e. The first-order valence-electron chi connectivity index (χ1n) is 7.51. The van der Waals surface area contributed by atoms with Gasteiger partial charge in [0.15, 0.2) is 0 Å². The van der Waals surface area contributed by atoms with Crippen molar-refractivity contribution in [2.45, 2.75) is 39.7 Å². The molecule has 6 nitrogen and oxygen atoms in total. The molecule has 0 radical (unpaired) electrons. The standard InChI is InChI=1S/C14H15N3O3.C2H6/c1-8-4-3-5-9-12(8)16(2)14(20)17(9)10-6-7-11(18)15-13(10)19;1-2/h3-5,10H,6-7H2,1-2H3,(H,15,18,19);1-2H3. The van der Waals surface area contributed by atoms with Gasteiger partial charge in [-0.15, -0.1) is 0 Å². The number of benzene rings is 1. The van der Waals surface area contributed by atoms with Gasteiger partial charge in [-0.1, -0.05) is 26.0 Å². The maximum Gasteiger partial charge on any atom is 0.329 e. The summed E-state index contributed by atoms with van der Waals surface area (Å²) in [6.07, 6.45) is 0.614. The number of carbonyl (C=O) groups is 2. The Morgan fingerprint density at radius 1 is 1.18 bits per heavy atom. The molecule has 1 aromatic carbocycles. The van der Waals surface area contributed by atoms with Crippen molar-refractivity contribution >= 4 is 22.8 Å². The number of rotatable bonds is 1. The van der Waals surface area contributed by atoms with Crippen LogP contribution >= 0.6 is 0 Å². The number of imidazole rings is 1. The molecule has 0 aliphatic carbocycles. The van der Waals surface area contributed by atoms with E-state index >= 15 is 0 Å². The second-order valence-electron chi connectivity index (χ2n) is 5.12. The molecule has 22 heavy (non-hydrogen) atoms. The van der Waals surface area contributed by atoms with Crippen molar-refractivity contribution in [3.05, 3.63) is 34.2 Å². The molecule has 6 heteroatoms. The summed E-state index contributed by atoms with van der Waals surface area (Å²) >= 11 is 0. The van der Waals surface area contributed by atoms with Crippen LogP contribution in [0.4, 0.5) is 0 Å². The van der Waals surface area contributed by atoms with E-state index in [9.17, 15) is 14.4 Å². The molecule has 1 fully saturated rings. The molecular weight excluding hydrogens is 282 g/mol. The van der Waals surface area contributed by atoms with E-state index in [0.29, 0.717) is 6.42 Å². The number of carbonyl (C=O) groups excluding carboxylic acids is 2. The summed E-state index contributed by atoms with van der Waals surface area (Å²) in [6.45, 7) is 5.93. The van der Waals surface area contributed by atoms with Gasteiger partial charge in [-0.25, -0.2) is 4.79 Å². The molecule has 2 aromatic rings. The summed E-state index contributed by atoms with van der Waals surface area (Å²) in [7, 11) is 1.69. The predicted octanol–water partition coefficient (Wildman–Crippen LogP) is 1.65. The second-order valence-corrected chi connectivity index (χ2v) is 5.12. The summed E-state index contributed by atoms with van der Waals surface area (Å²) < 4.78 is 3.04. The van der Waals surface area contributed by atoms with Gasteiger partial charge in [0.2, 0.25) is 11.8 Å². The van der Waals surface area contributed by atoms with Crippen LogP contribution in [0.25, 0.3) is 11.0 Å². The Labute approximate surface area is 128 Å². The van der Waals surface area contributed by atoms with Crippen LogP contribution in [0.1, 0.15) is 38.3 Å². The fourth-order valence-corrected chi connectivity index (χ4v) is 2.86. The summed E-state index contributed by atoms with van der Waals surface area (Å²) in [5.74, 6) is -0.687. The van der Waals surface area contributed by atoms with Gasteiger partial charge in [-0.05, 0) is 25.0 Å². The van der Waals surface area contributed by atoms with Crippen molar-refractivity contribution in [3.8, 4) is 0 Å². The second kappa shape index (κ2) is 6.17. The molecule has 0 saturated carbocycles. The van der Waals surface area contributed by atoms with Crippen LogP contribution in [0.5, 0.6) is 0 Å². The van der Waals surface area contributed by atoms with Gasteiger partial charge in [-0.2, -0.15) is 0 Å². The van der Waals surface area contributed by atoms with Gasteiger partial charge >= 0.3 is 5.69 Å². The smallest absolute Gasteiger partial charge is 0.295 e. The van der Waals surface area contributed by atoms with E-state index in [4.69, 9.17) is 0 Å². The molecule has 2 heterocycles. The van der Waals surface area contributed by atoms with E-state index in [1.54, 1.807) is 11.6 Å². The van der Waals surface area contributed by atoms with Crippen LogP contribution in [-0.2, 0) is 16.6 Å². The molecule has 1 unspecified atom stereocenters. The summed E-state index contributed by atoms with van der Waals surface area (Å²) in [6, 6.07) is 4.99. The maximum absolute atomic E-state index is 12.4. The van der Waals surface area contributed by atoms with E-state index in [1.807, 2.05) is 39.0 Å². The lowest BCUT2D eigenvalue weighted by Crippen LogP contribution is -2.44. The topological polar surface area (TPSA) is 73.1 Å². The molecule has 1 atom stereocenters. The van der Waals surface area contributed by atoms with Crippen LogP contribution in [0.3, 0.4) is 0 Å². The molecule has 1 aromatic heterocycles. The zero-order valence-electron chi connectivity index (χ0n) is 13.3. The number of amides is 2. The number of imide groups is 1. The molecule has 1 saturated heterocycles. The van der Waals surface area contributed by atoms with Crippen molar-refractivity contribution in [1.82, 2.24) is 14.5 Å². The van der Waals surface area contributed by atoms with Crippen LogP contribution in [0.15, 0.2) is 23.0 Å². The van der Waals surface area contributed by atoms with E-state index in [1.165, 1.54) is 4.57 Å². The minimum atomic E-state index is -0.620. The molecule has 2 amide bonds. The monoisotopic (exact) mass is 303 g/mol. The highest BCUT2D eigenvalue weighted by molar-refractivity contribution is 6.00. The quantitative estimate of drug-likeness (QED) is 0.814. The molecule has 1 aliphatic rings. The zero-order chi connectivity index (χ0) is 16.4. The number of nitrogens with one attached hydrogen (secondary N) is 1. The predicted molar refractivity (Wildman–Crippen MR) is 84.7 cm³/mol. The number of fused-ring (bicyclic) bond motifs is 1. The SMILES string of the molecule is CC.Cc1cccc2c1n(C)c(=O)n2C1CCC(=O)NC1=O. The van der Waals surface area contributed by atoms with Gasteiger partial charge in [0.1, 0.15) is 6.04 Å². The molecule has 1 N–H and O–H groups in total. The van der Waals surface area contributed by atoms with Crippen molar-refractivity contribution in [2.75, 3.05) is 0 Å². The van der Waals surface area contributed by atoms with Crippen LogP contribution in [-0.4, -0.2) is 20.9 Å². The fraction of sp³-hybridized carbons (Fsp3) is 0.438. The average molecular weight is 303 g/mol. The Kier molecular flexibility index (Phi) is 4.49. The van der Waals surface area contributed by atoms with Gasteiger partial charge in [0.25, 0.3) is 0 Å². The average Bonchev–Trinajstić information content (AvgIpc) is 2.75. The zero-order valence-corrected chi connectivity index (χ0v) is 13.3. The highest BCUT2D eigenvalue weighted by Gasteiger charge is 2.31. The molecule has 1 aliphatic heterocycles. The Morgan fingerprint density at radius 3 is 2.50 bits per heavy atom. The first-order valence-corrected chi connectivity index (χ1v) is 7.51. The first kappa shape index (κ1) is 16.0. The van der Waals surface area contributed by atoms with E-state index in [0.717, 1.165) is 16.6 Å². The number of nitrogens with zero attached hydrogens (tertiary/aromatic N) is 2. The summed E-state index contributed by atoms with van der Waals surface area (Å²) in [5, 5.41) is 2.30. The van der Waals surface area contributed by atoms with Crippen LogP contribution < -0.4 is 11.0 Å². The van der Waals surface area contributed by atoms with Crippen molar-refractivity contribution < 1.29 is 9.59 Å². The first-order chi connectivity index (χ1) is 10.5. The minimum absolute atomic E-state index is 0.233. The van der Waals surface area contributed by atoms with E-state index in [2.05, 4.69) is 5.32 Å². The Hall–Kier alpha value is -2.37. The lowest BCUT2D eigenvalue weighted by Gasteiger charge is -2.21. The number of piperidine rings is 1. The van der Waals surface area contributed by atoms with Gasteiger partial charge < -0.3 is 0 Å². The molecule has 3 rings (SSSR count). The molecule has 0 bridgehead atoms. The molecular formula is C16H21N3O3.